The van der Waals surface area contributed by atoms with Crippen LogP contribution < -0.4 is 16.0 Å². The van der Waals surface area contributed by atoms with Gasteiger partial charge in [-0.2, -0.15) is 0 Å². The van der Waals surface area contributed by atoms with E-state index in [0.717, 1.165) is 83.5 Å². The number of carbonyl (C=O) groups excluding carboxylic acids is 3. The smallest absolute Gasteiger partial charge is 0.404 e. The van der Waals surface area contributed by atoms with Gasteiger partial charge in [-0.1, -0.05) is 58.3 Å². The molecule has 0 spiro atoms. The maximum atomic E-state index is 12.6. The van der Waals surface area contributed by atoms with E-state index >= 15 is 0 Å². The maximum Gasteiger partial charge on any atom is 0.404 e. The monoisotopic (exact) mass is 469 g/mol. The molecule has 0 radical (unpaired) electrons. The van der Waals surface area contributed by atoms with E-state index in [2.05, 4.69) is 27.9 Å². The zero-order chi connectivity index (χ0) is 24.6. The van der Waals surface area contributed by atoms with Gasteiger partial charge in [0.25, 0.3) is 0 Å². The number of hydrogen-bond donors (Lipinski definition) is 4. The van der Waals surface area contributed by atoms with E-state index in [-0.39, 0.29) is 12.1 Å². The van der Waals surface area contributed by atoms with Crippen LogP contribution in [0.5, 0.6) is 0 Å². The topological polar surface area (TPSA) is 140 Å². The van der Waals surface area contributed by atoms with Crippen molar-refractivity contribution in [2.45, 2.75) is 90.4 Å². The highest BCUT2D eigenvalue weighted by Gasteiger charge is 2.20. The van der Waals surface area contributed by atoms with E-state index < -0.39 is 6.09 Å². The zero-order valence-electron chi connectivity index (χ0n) is 20.2. The van der Waals surface area contributed by atoms with Gasteiger partial charge in [0.1, 0.15) is 0 Å². The van der Waals surface area contributed by atoms with Crippen LogP contribution in [0.15, 0.2) is 4.99 Å². The number of carboxylic acid groups (broad SMARTS) is 1. The van der Waals surface area contributed by atoms with Gasteiger partial charge >= 0.3 is 18.2 Å². The third kappa shape index (κ3) is 19.8. The van der Waals surface area contributed by atoms with Crippen molar-refractivity contribution in [2.24, 2.45) is 4.99 Å². The van der Waals surface area contributed by atoms with Gasteiger partial charge in [-0.3, -0.25) is 0 Å². The standard InChI is InChI=1S/C23H43N5O5/c1-2-3-4-9-14-19-28(21(30)25-16-11-6-5-10-15-24-20-29)22(31)26-17-12-7-8-13-18-27-23(32)33/h27H,2-19H2,1H3,(H,25,30)(H,26,31)(H,32,33). The van der Waals surface area contributed by atoms with Crippen LogP contribution >= 0.6 is 0 Å². The van der Waals surface area contributed by atoms with Crippen molar-refractivity contribution in [2.75, 3.05) is 32.7 Å². The molecule has 0 aromatic heterocycles. The Balaban J connectivity index is 4.24. The minimum atomic E-state index is -1.01. The van der Waals surface area contributed by atoms with Crippen LogP contribution in [0, 0.1) is 0 Å². The third-order valence-electron chi connectivity index (χ3n) is 5.17. The van der Waals surface area contributed by atoms with Crippen molar-refractivity contribution >= 4 is 24.2 Å². The summed E-state index contributed by atoms with van der Waals surface area (Å²) >= 11 is 0. The molecule has 0 aliphatic rings. The first-order valence-electron chi connectivity index (χ1n) is 12.4. The molecule has 0 saturated carbocycles. The Bertz CT molecular complexity index is 582. The molecular formula is C23H43N5O5. The summed E-state index contributed by atoms with van der Waals surface area (Å²) in [4.78, 5) is 50.4. The summed E-state index contributed by atoms with van der Waals surface area (Å²) in [5, 5.41) is 16.5. The van der Waals surface area contributed by atoms with Crippen LogP contribution in [0.3, 0.4) is 0 Å². The fourth-order valence-corrected chi connectivity index (χ4v) is 3.26. The Labute approximate surface area is 198 Å². The van der Waals surface area contributed by atoms with Crippen molar-refractivity contribution < 1.29 is 24.3 Å². The highest BCUT2D eigenvalue weighted by molar-refractivity contribution is 5.93. The predicted molar refractivity (Wildman–Crippen MR) is 128 cm³/mol. The predicted octanol–water partition coefficient (Wildman–Crippen LogP) is 4.40. The quantitative estimate of drug-likeness (QED) is 0.119. The first-order chi connectivity index (χ1) is 16.0. The second-order valence-electron chi connectivity index (χ2n) is 8.06. The molecule has 0 atom stereocenters. The number of amides is 5. The fraction of sp³-hybridized carbons (Fsp3) is 0.826. The molecule has 0 aromatic carbocycles. The molecule has 10 heteroatoms. The first kappa shape index (κ1) is 30.4. The van der Waals surface area contributed by atoms with E-state index in [1.54, 1.807) is 0 Å². The number of aliphatic imine (C=N–C) groups is 1. The molecule has 0 aliphatic carbocycles. The lowest BCUT2D eigenvalue weighted by Gasteiger charge is -2.22. The number of nitrogens with one attached hydrogen (secondary N) is 3. The van der Waals surface area contributed by atoms with E-state index in [1.807, 2.05) is 0 Å². The van der Waals surface area contributed by atoms with Crippen LogP contribution in [0.25, 0.3) is 0 Å². The Morgan fingerprint density at radius 3 is 1.73 bits per heavy atom. The summed E-state index contributed by atoms with van der Waals surface area (Å²) in [7, 11) is 0. The van der Waals surface area contributed by atoms with Gasteiger partial charge in [0, 0.05) is 26.2 Å². The summed E-state index contributed by atoms with van der Waals surface area (Å²) < 4.78 is 0. The highest BCUT2D eigenvalue weighted by Crippen LogP contribution is 2.06. The third-order valence-corrected chi connectivity index (χ3v) is 5.17. The van der Waals surface area contributed by atoms with Gasteiger partial charge in [0.2, 0.25) is 6.08 Å². The lowest BCUT2D eigenvalue weighted by atomic mass is 10.1. The molecule has 10 nitrogen and oxygen atoms in total. The molecule has 0 rings (SSSR count). The largest absolute Gasteiger partial charge is 0.465 e. The molecule has 5 amide bonds. The fourth-order valence-electron chi connectivity index (χ4n) is 3.26. The molecule has 33 heavy (non-hydrogen) atoms. The summed E-state index contributed by atoms with van der Waals surface area (Å²) in [5.41, 5.74) is 0. The van der Waals surface area contributed by atoms with Crippen molar-refractivity contribution in [3.63, 3.8) is 0 Å². The number of rotatable bonds is 20. The summed E-state index contributed by atoms with van der Waals surface area (Å²) in [6.07, 6.45) is 12.4. The van der Waals surface area contributed by atoms with Gasteiger partial charge < -0.3 is 21.1 Å². The average molecular weight is 470 g/mol. The molecule has 0 saturated heterocycles. The molecule has 0 aliphatic heterocycles. The van der Waals surface area contributed by atoms with E-state index in [4.69, 9.17) is 5.11 Å². The van der Waals surface area contributed by atoms with Crippen LogP contribution in [0.1, 0.15) is 90.4 Å². The zero-order valence-corrected chi connectivity index (χ0v) is 20.2. The molecule has 0 bridgehead atoms. The van der Waals surface area contributed by atoms with Gasteiger partial charge in [-0.25, -0.2) is 29.1 Å². The van der Waals surface area contributed by atoms with Crippen molar-refractivity contribution in [3.05, 3.63) is 0 Å². The molecule has 190 valence electrons. The lowest BCUT2D eigenvalue weighted by Crippen LogP contribution is -2.49. The van der Waals surface area contributed by atoms with Crippen LogP contribution in [0.4, 0.5) is 14.4 Å². The van der Waals surface area contributed by atoms with E-state index in [1.165, 1.54) is 11.0 Å². The molecule has 4 N–H and O–H groups in total. The first-order valence-corrected chi connectivity index (χ1v) is 12.4. The van der Waals surface area contributed by atoms with Gasteiger partial charge in [0.05, 0.1) is 6.54 Å². The summed E-state index contributed by atoms with van der Waals surface area (Å²) in [6, 6.07) is -0.740. The Morgan fingerprint density at radius 2 is 1.21 bits per heavy atom. The highest BCUT2D eigenvalue weighted by atomic mass is 16.4. The molecular weight excluding hydrogens is 426 g/mol. The number of unbranched alkanes of at least 4 members (excludes halogenated alkanes) is 10. The average Bonchev–Trinajstić information content (AvgIpc) is 2.79. The normalized spacial score (nSPS) is 10.2. The number of nitrogens with zero attached hydrogens (tertiary/aromatic N) is 2. The number of urea groups is 2. The maximum absolute atomic E-state index is 12.6. The van der Waals surface area contributed by atoms with Crippen molar-refractivity contribution in [1.29, 1.82) is 0 Å². The SMILES string of the molecule is CCCCCCCN(C(=O)NCCCCCCN=C=O)C(=O)NCCCCCCNC(=O)O. The van der Waals surface area contributed by atoms with E-state index in [0.29, 0.717) is 32.7 Å². The second-order valence-corrected chi connectivity index (χ2v) is 8.06. The number of carbonyl (C=O) groups is 3. The molecule has 0 heterocycles. The Kier molecular flexibility index (Phi) is 20.8. The second kappa shape index (κ2) is 22.6. The molecule has 0 fully saturated rings. The van der Waals surface area contributed by atoms with Gasteiger partial charge in [0.15, 0.2) is 0 Å². The molecule has 0 aromatic rings. The summed E-state index contributed by atoms with van der Waals surface area (Å²) in [5.74, 6) is 0. The lowest BCUT2D eigenvalue weighted by molar-refractivity contribution is 0.184. The van der Waals surface area contributed by atoms with Crippen LogP contribution in [0.2, 0.25) is 0 Å². The number of hydrogen-bond acceptors (Lipinski definition) is 5. The summed E-state index contributed by atoms with van der Waals surface area (Å²) in [6.45, 7) is 4.44. The van der Waals surface area contributed by atoms with Gasteiger partial charge in [-0.05, 0) is 32.1 Å². The Hall–Kier alpha value is -2.61. The number of imide groups is 1. The van der Waals surface area contributed by atoms with Gasteiger partial charge in [-0.15, -0.1) is 0 Å². The minimum Gasteiger partial charge on any atom is -0.465 e. The number of isocyanates is 1. The Morgan fingerprint density at radius 1 is 0.727 bits per heavy atom. The van der Waals surface area contributed by atoms with Crippen LogP contribution in [-0.4, -0.2) is 67.0 Å². The van der Waals surface area contributed by atoms with E-state index in [9.17, 15) is 19.2 Å². The minimum absolute atomic E-state index is 0.367. The van der Waals surface area contributed by atoms with Crippen LogP contribution in [-0.2, 0) is 4.79 Å². The van der Waals surface area contributed by atoms with Crippen molar-refractivity contribution in [1.82, 2.24) is 20.9 Å². The molecule has 0 unspecified atom stereocenters. The van der Waals surface area contributed by atoms with Crippen molar-refractivity contribution in [3.8, 4) is 0 Å².